The molecule has 3 rings (SSSR count). The van der Waals surface area contributed by atoms with E-state index in [4.69, 9.17) is 0 Å². The molecule has 3 aromatic carbocycles. The molecule has 3 aromatic rings. The first-order valence-electron chi connectivity index (χ1n) is 10.7. The maximum absolute atomic E-state index is 14.3. The van der Waals surface area contributed by atoms with Gasteiger partial charge in [-0.25, -0.2) is 4.79 Å². The lowest BCUT2D eigenvalue weighted by Gasteiger charge is -2.31. The first-order valence-corrected chi connectivity index (χ1v) is 16.4. The van der Waals surface area contributed by atoms with Gasteiger partial charge in [-0.15, -0.1) is 0 Å². The predicted molar refractivity (Wildman–Crippen MR) is 144 cm³/mol. The van der Waals surface area contributed by atoms with Gasteiger partial charge in [0.15, 0.2) is 0 Å². The van der Waals surface area contributed by atoms with E-state index >= 15 is 0 Å². The summed E-state index contributed by atoms with van der Waals surface area (Å²) in [6.07, 6.45) is 0.0660. The van der Waals surface area contributed by atoms with Crippen LogP contribution in [-0.4, -0.2) is 33.5 Å². The zero-order valence-electron chi connectivity index (χ0n) is 18.7. The average Bonchev–Trinajstić information content (AvgIpc) is 2.84. The number of thioether (sulfide) groups is 1. The Bertz CT molecular complexity index is 1070. The Kier molecular flexibility index (Phi) is 10.2. The quantitative estimate of drug-likeness (QED) is 0.252. The van der Waals surface area contributed by atoms with Gasteiger partial charge in [-0.3, -0.25) is 9.36 Å². The third-order valence-corrected chi connectivity index (χ3v) is 12.9. The predicted octanol–water partition coefficient (Wildman–Crippen LogP) is 7.94. The number of carbonyl (C=O) groups is 2. The smallest absolute Gasteiger partial charge is 0.326 e. The van der Waals surface area contributed by atoms with E-state index in [2.05, 4.69) is 0 Å². The number of carboxylic acid groups (broad SMARTS) is 1. The van der Waals surface area contributed by atoms with Gasteiger partial charge in [0.25, 0.3) is 5.24 Å². The van der Waals surface area contributed by atoms with Crippen LogP contribution in [0.15, 0.2) is 101 Å². The Morgan fingerprint density at radius 1 is 0.853 bits per heavy atom. The van der Waals surface area contributed by atoms with Gasteiger partial charge >= 0.3 is 5.97 Å². The second-order valence-electron chi connectivity index (χ2n) is 7.33. The molecule has 0 aromatic heterocycles. The van der Waals surface area contributed by atoms with E-state index in [1.807, 2.05) is 91.0 Å². The SMILES string of the molecule is CCC(C(=O)O)N(CP(=O)(Sc1ccccc1)Sc1ccccc1)C(=O)SCc1ccccc1. The molecule has 9 heteroatoms. The second-order valence-corrected chi connectivity index (χ2v) is 16.4. The molecule has 0 aliphatic carbocycles. The van der Waals surface area contributed by atoms with Crippen molar-refractivity contribution < 1.29 is 19.3 Å². The monoisotopic (exact) mass is 531 g/mol. The minimum atomic E-state index is -3.21. The van der Waals surface area contributed by atoms with Crippen LogP contribution in [0, 0.1) is 0 Å². The molecular formula is C25H26NO4PS3. The Balaban J connectivity index is 1.89. The van der Waals surface area contributed by atoms with Gasteiger partial charge in [0.2, 0.25) is 5.55 Å². The first kappa shape index (κ1) is 26.5. The number of benzene rings is 3. The molecule has 0 heterocycles. The van der Waals surface area contributed by atoms with Crippen molar-refractivity contribution in [3.8, 4) is 0 Å². The Morgan fingerprint density at radius 2 is 1.32 bits per heavy atom. The summed E-state index contributed by atoms with van der Waals surface area (Å²) in [6.45, 7) is 1.72. The van der Waals surface area contributed by atoms with Crippen LogP contribution in [-0.2, 0) is 15.1 Å². The van der Waals surface area contributed by atoms with E-state index in [9.17, 15) is 19.3 Å². The maximum Gasteiger partial charge on any atom is 0.326 e. The molecule has 1 amide bonds. The van der Waals surface area contributed by atoms with Crippen LogP contribution in [0.3, 0.4) is 0 Å². The van der Waals surface area contributed by atoms with Gasteiger partial charge in [-0.2, -0.15) is 0 Å². The van der Waals surface area contributed by atoms with Crippen molar-refractivity contribution in [2.75, 3.05) is 6.29 Å². The van der Waals surface area contributed by atoms with Gasteiger partial charge < -0.3 is 10.0 Å². The zero-order chi connectivity index (χ0) is 24.4. The van der Waals surface area contributed by atoms with Gasteiger partial charge in [-0.05, 0) is 59.0 Å². The first-order chi connectivity index (χ1) is 16.4. The van der Waals surface area contributed by atoms with Crippen molar-refractivity contribution in [3.63, 3.8) is 0 Å². The van der Waals surface area contributed by atoms with Gasteiger partial charge in [0.1, 0.15) is 6.04 Å². The summed E-state index contributed by atoms with van der Waals surface area (Å²) < 4.78 is 14.3. The number of carboxylic acids is 1. The summed E-state index contributed by atoms with van der Waals surface area (Å²) in [5, 5.41) is 9.46. The summed E-state index contributed by atoms with van der Waals surface area (Å²) in [7, 11) is 0. The highest BCUT2D eigenvalue weighted by atomic mass is 33.1. The Hall–Kier alpha value is -2.12. The molecule has 0 fully saturated rings. The third-order valence-electron chi connectivity index (χ3n) is 4.79. The topological polar surface area (TPSA) is 74.7 Å². The fourth-order valence-electron chi connectivity index (χ4n) is 3.16. The van der Waals surface area contributed by atoms with Gasteiger partial charge in [0.05, 0.1) is 6.29 Å². The van der Waals surface area contributed by atoms with Crippen LogP contribution in [0.25, 0.3) is 0 Å². The number of amides is 1. The van der Waals surface area contributed by atoms with E-state index in [0.717, 1.165) is 27.1 Å². The van der Waals surface area contributed by atoms with E-state index in [0.29, 0.717) is 5.75 Å². The zero-order valence-corrected chi connectivity index (χ0v) is 22.0. The lowest BCUT2D eigenvalue weighted by atomic mass is 10.2. The molecular weight excluding hydrogens is 505 g/mol. The molecule has 0 bridgehead atoms. The number of aliphatic carboxylic acids is 1. The summed E-state index contributed by atoms with van der Waals surface area (Å²) >= 11 is 3.45. The minimum Gasteiger partial charge on any atom is -0.480 e. The van der Waals surface area contributed by atoms with Crippen LogP contribution >= 0.6 is 40.1 Å². The lowest BCUT2D eigenvalue weighted by molar-refractivity contribution is -0.141. The highest BCUT2D eigenvalue weighted by molar-refractivity contribution is 8.90. The highest BCUT2D eigenvalue weighted by Gasteiger charge is 2.36. The van der Waals surface area contributed by atoms with Gasteiger partial charge in [-0.1, -0.05) is 85.4 Å². The van der Waals surface area contributed by atoms with Crippen LogP contribution in [0.2, 0.25) is 0 Å². The lowest BCUT2D eigenvalue weighted by Crippen LogP contribution is -2.43. The molecule has 1 unspecified atom stereocenters. The van der Waals surface area contributed by atoms with E-state index in [1.54, 1.807) is 6.92 Å². The van der Waals surface area contributed by atoms with Gasteiger partial charge in [0, 0.05) is 15.5 Å². The highest BCUT2D eigenvalue weighted by Crippen LogP contribution is 2.73. The Labute approximate surface area is 212 Å². The van der Waals surface area contributed by atoms with Crippen LogP contribution in [0.4, 0.5) is 4.79 Å². The molecule has 0 saturated carbocycles. The third kappa shape index (κ3) is 7.98. The molecule has 1 atom stereocenters. The van der Waals surface area contributed by atoms with E-state index in [1.165, 1.54) is 27.7 Å². The second kappa shape index (κ2) is 13.1. The summed E-state index contributed by atoms with van der Waals surface area (Å²) in [5.41, 5.74) is -2.25. The molecule has 178 valence electrons. The standard InChI is InChI=1S/C25H26NO4PS3/c1-2-23(24(27)28)26(25(29)32-18-20-12-6-3-7-13-20)19-31(30,33-21-14-8-4-9-15-21)34-22-16-10-5-11-17-22/h3-17,23H,2,18-19H2,1H3,(H,27,28). The normalized spacial score (nSPS) is 12.1. The van der Waals surface area contributed by atoms with Crippen molar-refractivity contribution in [2.45, 2.75) is 34.9 Å². The molecule has 0 aliphatic rings. The average molecular weight is 532 g/mol. The van der Waals surface area contributed by atoms with Crippen LogP contribution in [0.1, 0.15) is 18.9 Å². The summed E-state index contributed by atoms with van der Waals surface area (Å²) in [5.74, 6) is -0.689. The number of rotatable bonds is 11. The summed E-state index contributed by atoms with van der Waals surface area (Å²) in [4.78, 5) is 28.2. The van der Waals surface area contributed by atoms with Crippen molar-refractivity contribution in [1.82, 2.24) is 4.90 Å². The Morgan fingerprint density at radius 3 is 1.76 bits per heavy atom. The number of hydrogen-bond donors (Lipinski definition) is 1. The molecule has 0 radical (unpaired) electrons. The molecule has 0 saturated heterocycles. The fourth-order valence-corrected chi connectivity index (χ4v) is 11.9. The molecule has 34 heavy (non-hydrogen) atoms. The maximum atomic E-state index is 14.3. The minimum absolute atomic E-state index is 0.155. The molecule has 5 nitrogen and oxygen atoms in total. The molecule has 1 N–H and O–H groups in total. The number of nitrogens with zero attached hydrogens (tertiary/aromatic N) is 1. The van der Waals surface area contributed by atoms with Crippen molar-refractivity contribution in [1.29, 1.82) is 0 Å². The van der Waals surface area contributed by atoms with E-state index < -0.39 is 17.6 Å². The van der Waals surface area contributed by atoms with Crippen molar-refractivity contribution >= 4 is 51.3 Å². The summed E-state index contributed by atoms with van der Waals surface area (Å²) in [6, 6.07) is 27.2. The number of hydrogen-bond acceptors (Lipinski definition) is 6. The van der Waals surface area contributed by atoms with Crippen molar-refractivity contribution in [2.24, 2.45) is 0 Å². The fraction of sp³-hybridized carbons (Fsp3) is 0.200. The van der Waals surface area contributed by atoms with E-state index in [-0.39, 0.29) is 17.9 Å². The molecule has 0 aliphatic heterocycles. The largest absolute Gasteiger partial charge is 0.480 e. The number of carbonyl (C=O) groups excluding carboxylic acids is 1. The van der Waals surface area contributed by atoms with Crippen molar-refractivity contribution in [3.05, 3.63) is 96.6 Å². The van der Waals surface area contributed by atoms with Crippen LogP contribution in [0.5, 0.6) is 0 Å². The van der Waals surface area contributed by atoms with Crippen LogP contribution < -0.4 is 0 Å². The molecule has 0 spiro atoms.